The van der Waals surface area contributed by atoms with Gasteiger partial charge in [0.25, 0.3) is 0 Å². The van der Waals surface area contributed by atoms with Crippen LogP contribution in [0.2, 0.25) is 0 Å². The molecule has 0 aromatic heterocycles. The number of halogens is 1. The second-order valence-corrected chi connectivity index (χ2v) is 6.66. The van der Waals surface area contributed by atoms with Crippen LogP contribution in [0, 0.1) is 35.7 Å². The van der Waals surface area contributed by atoms with Crippen LogP contribution in [0.25, 0.3) is 0 Å². The number of amides is 2. The Hall–Kier alpha value is -3.29. The zero-order valence-electron chi connectivity index (χ0n) is 14.9. The topological polar surface area (TPSA) is 92.6 Å². The largest absolute Gasteiger partial charge is 0.326 e. The quantitative estimate of drug-likeness (QED) is 0.659. The molecule has 3 rings (SSSR count). The second-order valence-electron chi connectivity index (χ2n) is 6.66. The molecule has 1 atom stereocenters. The lowest BCUT2D eigenvalue weighted by atomic mass is 10.1. The monoisotopic (exact) mass is 371 g/mol. The maximum absolute atomic E-state index is 13.5. The first kappa shape index (κ1) is 18.5. The first-order valence-corrected chi connectivity index (χ1v) is 8.38. The number of aryl methyl sites for hydroxylation is 2. The summed E-state index contributed by atoms with van der Waals surface area (Å²) in [7, 11) is 0. The Morgan fingerprint density at radius 1 is 1.22 bits per heavy atom. The normalized spacial score (nSPS) is 16.5. The van der Waals surface area contributed by atoms with Gasteiger partial charge in [-0.15, -0.1) is 0 Å². The maximum Gasteiger partial charge on any atom is 0.306 e. The van der Waals surface area contributed by atoms with Crippen LogP contribution >= 0.6 is 0 Å². The van der Waals surface area contributed by atoms with Crippen molar-refractivity contribution in [2.75, 3.05) is 16.8 Å². The predicted molar refractivity (Wildman–Crippen MR) is 98.1 cm³/mol. The maximum atomic E-state index is 13.5. The summed E-state index contributed by atoms with van der Waals surface area (Å²) in [6.07, 6.45) is -0.0121. The number of nitro benzene ring substituents is 1. The Morgan fingerprint density at radius 3 is 2.52 bits per heavy atom. The molecule has 140 valence electrons. The molecule has 1 aliphatic rings. The van der Waals surface area contributed by atoms with E-state index in [1.165, 1.54) is 11.0 Å². The molecule has 1 aliphatic heterocycles. The van der Waals surface area contributed by atoms with Crippen molar-refractivity contribution < 1.29 is 18.9 Å². The molecule has 1 unspecified atom stereocenters. The molecule has 0 spiro atoms. The van der Waals surface area contributed by atoms with Gasteiger partial charge in [0.15, 0.2) is 0 Å². The van der Waals surface area contributed by atoms with E-state index in [2.05, 4.69) is 5.32 Å². The van der Waals surface area contributed by atoms with Gasteiger partial charge in [-0.05, 0) is 49.2 Å². The van der Waals surface area contributed by atoms with Gasteiger partial charge in [-0.25, -0.2) is 0 Å². The fraction of sp³-hybridized carbons (Fsp3) is 0.263. The summed E-state index contributed by atoms with van der Waals surface area (Å²) in [4.78, 5) is 36.2. The number of nitrogens with zero attached hydrogens (tertiary/aromatic N) is 2. The molecule has 27 heavy (non-hydrogen) atoms. The van der Waals surface area contributed by atoms with E-state index in [-0.39, 0.29) is 30.5 Å². The standard InChI is InChI=1S/C19H18FN3O4/c1-11-5-12(2)7-14(6-11)21-19(25)13-8-18(24)22(10-13)15-3-4-16(20)17(9-15)23(26)27/h3-7,9,13H,8,10H2,1-2H3,(H,21,25). The molecule has 1 heterocycles. The number of carbonyl (C=O) groups excluding carboxylic acids is 2. The van der Waals surface area contributed by atoms with Gasteiger partial charge in [-0.1, -0.05) is 6.07 Å². The first-order chi connectivity index (χ1) is 12.7. The Labute approximate surface area is 154 Å². The fourth-order valence-corrected chi connectivity index (χ4v) is 3.23. The van der Waals surface area contributed by atoms with Crippen molar-refractivity contribution in [1.82, 2.24) is 0 Å². The van der Waals surface area contributed by atoms with E-state index < -0.39 is 22.3 Å². The first-order valence-electron chi connectivity index (χ1n) is 8.38. The second kappa shape index (κ2) is 7.14. The lowest BCUT2D eigenvalue weighted by Gasteiger charge is -2.17. The van der Waals surface area contributed by atoms with Crippen molar-refractivity contribution in [1.29, 1.82) is 0 Å². The molecule has 1 saturated heterocycles. The summed E-state index contributed by atoms with van der Waals surface area (Å²) >= 11 is 0. The number of hydrogen-bond donors (Lipinski definition) is 1. The number of nitro groups is 1. The van der Waals surface area contributed by atoms with Crippen LogP contribution in [-0.2, 0) is 9.59 Å². The van der Waals surface area contributed by atoms with Gasteiger partial charge < -0.3 is 10.2 Å². The molecule has 0 bridgehead atoms. The minimum atomic E-state index is -0.973. The van der Waals surface area contributed by atoms with E-state index in [1.54, 1.807) is 0 Å². The molecule has 0 saturated carbocycles. The molecule has 2 amide bonds. The molecule has 0 aliphatic carbocycles. The van der Waals surface area contributed by atoms with E-state index in [9.17, 15) is 24.1 Å². The van der Waals surface area contributed by atoms with Crippen molar-refractivity contribution >= 4 is 28.9 Å². The zero-order chi connectivity index (χ0) is 19.7. The Morgan fingerprint density at radius 2 is 1.89 bits per heavy atom. The highest BCUT2D eigenvalue weighted by atomic mass is 19.1. The third kappa shape index (κ3) is 3.94. The van der Waals surface area contributed by atoms with Gasteiger partial charge in [0.05, 0.1) is 16.5 Å². The van der Waals surface area contributed by atoms with Gasteiger partial charge in [0.2, 0.25) is 17.6 Å². The number of nitrogens with one attached hydrogen (secondary N) is 1. The van der Waals surface area contributed by atoms with Gasteiger partial charge in [-0.2, -0.15) is 4.39 Å². The summed E-state index contributed by atoms with van der Waals surface area (Å²) in [6.45, 7) is 3.92. The number of rotatable bonds is 4. The molecule has 0 radical (unpaired) electrons. The van der Waals surface area contributed by atoms with Crippen LogP contribution < -0.4 is 10.2 Å². The molecule has 2 aromatic rings. The number of anilines is 2. The third-order valence-corrected chi connectivity index (χ3v) is 4.42. The van der Waals surface area contributed by atoms with Crippen molar-refractivity contribution in [3.8, 4) is 0 Å². The van der Waals surface area contributed by atoms with Crippen LogP contribution in [-0.4, -0.2) is 23.3 Å². The van der Waals surface area contributed by atoms with E-state index in [0.29, 0.717) is 5.69 Å². The smallest absolute Gasteiger partial charge is 0.306 e. The number of hydrogen-bond acceptors (Lipinski definition) is 4. The van der Waals surface area contributed by atoms with Crippen molar-refractivity contribution in [3.63, 3.8) is 0 Å². The Balaban J connectivity index is 1.76. The van der Waals surface area contributed by atoms with Crippen molar-refractivity contribution in [2.24, 2.45) is 5.92 Å². The molecular weight excluding hydrogens is 353 g/mol. The highest BCUT2D eigenvalue weighted by Gasteiger charge is 2.36. The predicted octanol–water partition coefficient (Wildman–Crippen LogP) is 3.34. The lowest BCUT2D eigenvalue weighted by molar-refractivity contribution is -0.387. The molecular formula is C19H18FN3O4. The third-order valence-electron chi connectivity index (χ3n) is 4.42. The summed E-state index contributed by atoms with van der Waals surface area (Å²) < 4.78 is 13.5. The summed E-state index contributed by atoms with van der Waals surface area (Å²) in [5.41, 5.74) is 2.17. The zero-order valence-corrected chi connectivity index (χ0v) is 14.9. The van der Waals surface area contributed by atoms with Crippen LogP contribution in [0.4, 0.5) is 21.5 Å². The average molecular weight is 371 g/mol. The average Bonchev–Trinajstić information content (AvgIpc) is 2.96. The number of carbonyl (C=O) groups is 2. The number of benzene rings is 2. The van der Waals surface area contributed by atoms with E-state index in [4.69, 9.17) is 0 Å². The molecule has 8 heteroatoms. The van der Waals surface area contributed by atoms with Crippen LogP contribution in [0.1, 0.15) is 17.5 Å². The minimum Gasteiger partial charge on any atom is -0.326 e. The van der Waals surface area contributed by atoms with Gasteiger partial charge in [-0.3, -0.25) is 19.7 Å². The summed E-state index contributed by atoms with van der Waals surface area (Å²) in [5.74, 6) is -2.20. The highest BCUT2D eigenvalue weighted by molar-refractivity contribution is 6.03. The van der Waals surface area contributed by atoms with E-state index >= 15 is 0 Å². The highest BCUT2D eigenvalue weighted by Crippen LogP contribution is 2.30. The minimum absolute atomic E-state index is 0.0121. The van der Waals surface area contributed by atoms with Crippen LogP contribution in [0.15, 0.2) is 36.4 Å². The molecule has 2 aromatic carbocycles. The van der Waals surface area contributed by atoms with Crippen LogP contribution in [0.5, 0.6) is 0 Å². The molecule has 1 N–H and O–H groups in total. The van der Waals surface area contributed by atoms with Gasteiger partial charge >= 0.3 is 5.69 Å². The van der Waals surface area contributed by atoms with E-state index in [0.717, 1.165) is 23.3 Å². The van der Waals surface area contributed by atoms with Gasteiger partial charge in [0, 0.05) is 24.7 Å². The van der Waals surface area contributed by atoms with Crippen molar-refractivity contribution in [3.05, 3.63) is 63.5 Å². The van der Waals surface area contributed by atoms with Crippen molar-refractivity contribution in [2.45, 2.75) is 20.3 Å². The summed E-state index contributed by atoms with van der Waals surface area (Å²) in [5, 5.41) is 13.7. The van der Waals surface area contributed by atoms with Gasteiger partial charge in [0.1, 0.15) is 0 Å². The SMILES string of the molecule is Cc1cc(C)cc(NC(=O)C2CC(=O)N(c3ccc(F)c([N+](=O)[O-])c3)C2)c1. The summed E-state index contributed by atoms with van der Waals surface area (Å²) in [6, 6.07) is 8.91. The fourth-order valence-electron chi connectivity index (χ4n) is 3.23. The van der Waals surface area contributed by atoms with E-state index in [1.807, 2.05) is 32.0 Å². The van der Waals surface area contributed by atoms with Crippen LogP contribution in [0.3, 0.4) is 0 Å². The Bertz CT molecular complexity index is 924. The molecule has 1 fully saturated rings. The molecule has 7 nitrogen and oxygen atoms in total. The lowest BCUT2D eigenvalue weighted by Crippen LogP contribution is -2.28. The Kier molecular flexibility index (Phi) is 4.89.